The van der Waals surface area contributed by atoms with Crippen molar-refractivity contribution in [3.05, 3.63) is 156 Å². The summed E-state index contributed by atoms with van der Waals surface area (Å²) in [5, 5.41) is 6.77. The highest BCUT2D eigenvalue weighted by Crippen LogP contribution is 2.56. The lowest BCUT2D eigenvalue weighted by Crippen LogP contribution is -2.52. The summed E-state index contributed by atoms with van der Waals surface area (Å²) in [6, 6.07) is 46.6. The monoisotopic (exact) mass is 704 g/mol. The zero-order chi connectivity index (χ0) is 35.1. The summed E-state index contributed by atoms with van der Waals surface area (Å²) < 4.78 is 37.5. The first-order valence-corrected chi connectivity index (χ1v) is 18.9. The molecule has 0 bridgehead atoms. The first-order chi connectivity index (χ1) is 24.5. The Labute approximate surface area is 297 Å². The van der Waals surface area contributed by atoms with Crippen LogP contribution < -0.4 is 36.0 Å². The number of ether oxygens (including phenoxy) is 6. The van der Waals surface area contributed by atoms with Crippen molar-refractivity contribution in [2.75, 3.05) is 42.7 Å². The zero-order valence-electron chi connectivity index (χ0n) is 29.2. The summed E-state index contributed by atoms with van der Waals surface area (Å²) >= 11 is 0. The van der Waals surface area contributed by atoms with E-state index in [0.29, 0.717) is 17.3 Å². The number of rotatable bonds is 13. The van der Waals surface area contributed by atoms with Gasteiger partial charge in [0.2, 0.25) is 5.79 Å². The Morgan fingerprint density at radius 3 is 1.30 bits per heavy atom. The second-order valence-corrected chi connectivity index (χ2v) is 15.8. The second-order valence-electron chi connectivity index (χ2n) is 11.4. The van der Waals surface area contributed by atoms with E-state index < -0.39 is 27.7 Å². The lowest BCUT2D eigenvalue weighted by molar-refractivity contribution is -0.223. The normalized spacial score (nSPS) is 15.6. The molecule has 8 heteroatoms. The summed E-state index contributed by atoms with van der Waals surface area (Å²) in [5.41, 5.74) is 1.75. The molecule has 6 nitrogen and oxygen atoms in total. The molecule has 1 aliphatic carbocycles. The van der Waals surface area contributed by atoms with E-state index in [0.717, 1.165) is 21.8 Å². The molecule has 0 fully saturated rings. The van der Waals surface area contributed by atoms with Crippen molar-refractivity contribution in [3.8, 4) is 11.5 Å². The third-order valence-electron chi connectivity index (χ3n) is 8.88. The Morgan fingerprint density at radius 2 is 0.920 bits per heavy atom. The lowest BCUT2D eigenvalue weighted by Gasteiger charge is -2.45. The van der Waals surface area contributed by atoms with Crippen molar-refractivity contribution in [2.24, 2.45) is 0 Å². The molecule has 0 radical (unpaired) electrons. The molecule has 6 rings (SSSR count). The average molecular weight is 705 g/mol. The highest BCUT2D eigenvalue weighted by molar-refractivity contribution is 7.80. The van der Waals surface area contributed by atoms with Gasteiger partial charge in [0.1, 0.15) is 5.76 Å². The Balaban J connectivity index is 1.82. The maximum Gasteiger partial charge on any atom is 0.230 e. The molecule has 0 unspecified atom stereocenters. The van der Waals surface area contributed by atoms with Gasteiger partial charge in [-0.2, -0.15) is 0 Å². The quantitative estimate of drug-likeness (QED) is 0.0988. The highest BCUT2D eigenvalue weighted by atomic mass is 31.1. The van der Waals surface area contributed by atoms with E-state index in [4.69, 9.17) is 28.4 Å². The number of methoxy groups -OCH3 is 6. The van der Waals surface area contributed by atoms with Crippen molar-refractivity contribution in [1.29, 1.82) is 0 Å². The Hall–Kier alpha value is -4.28. The third kappa shape index (κ3) is 6.63. The van der Waals surface area contributed by atoms with Crippen LogP contribution >= 0.6 is 15.8 Å². The molecule has 0 saturated heterocycles. The first-order valence-electron chi connectivity index (χ1n) is 16.2. The Morgan fingerprint density at radius 1 is 0.500 bits per heavy atom. The molecule has 256 valence electrons. The molecule has 5 aromatic carbocycles. The van der Waals surface area contributed by atoms with Gasteiger partial charge in [-0.3, -0.25) is 0 Å². The number of allylic oxidation sites excluding steroid dienone is 2. The van der Waals surface area contributed by atoms with Gasteiger partial charge in [-0.1, -0.05) is 121 Å². The fourth-order valence-corrected chi connectivity index (χ4v) is 11.6. The minimum Gasteiger partial charge on any atom is -0.498 e. The van der Waals surface area contributed by atoms with Crippen molar-refractivity contribution < 1.29 is 28.4 Å². The maximum atomic E-state index is 6.58. The van der Waals surface area contributed by atoms with Crippen molar-refractivity contribution in [3.63, 3.8) is 0 Å². The summed E-state index contributed by atoms with van der Waals surface area (Å²) in [4.78, 5) is 0. The Bertz CT molecular complexity index is 1850. The topological polar surface area (TPSA) is 55.4 Å². The molecule has 1 atom stereocenters. The average Bonchev–Trinajstić information content (AvgIpc) is 3.19. The fourth-order valence-electron chi connectivity index (χ4n) is 6.64. The van der Waals surface area contributed by atoms with Gasteiger partial charge >= 0.3 is 0 Å². The molecule has 0 amide bonds. The van der Waals surface area contributed by atoms with E-state index in [9.17, 15) is 0 Å². The lowest BCUT2D eigenvalue weighted by atomic mass is 9.87. The van der Waals surface area contributed by atoms with Gasteiger partial charge in [0.15, 0.2) is 17.6 Å². The van der Waals surface area contributed by atoms with Crippen LogP contribution in [0.15, 0.2) is 151 Å². The summed E-state index contributed by atoms with van der Waals surface area (Å²) in [6.07, 6.45) is 1.39. The molecular weight excluding hydrogens is 662 g/mol. The van der Waals surface area contributed by atoms with E-state index >= 15 is 0 Å². The van der Waals surface area contributed by atoms with Crippen LogP contribution in [0.4, 0.5) is 0 Å². The van der Waals surface area contributed by atoms with Crippen molar-refractivity contribution in [2.45, 2.75) is 11.9 Å². The van der Waals surface area contributed by atoms with Gasteiger partial charge in [-0.25, -0.2) is 0 Å². The summed E-state index contributed by atoms with van der Waals surface area (Å²) in [7, 11) is 7.67. The van der Waals surface area contributed by atoms with Gasteiger partial charge in [0.25, 0.3) is 0 Å². The first kappa shape index (κ1) is 35.5. The molecule has 1 aliphatic rings. The number of hydrogen-bond donors (Lipinski definition) is 0. The molecule has 0 aromatic heterocycles. The van der Waals surface area contributed by atoms with Gasteiger partial charge in [-0.05, 0) is 71.5 Å². The van der Waals surface area contributed by atoms with Crippen LogP contribution in [0.5, 0.6) is 11.5 Å². The Kier molecular flexibility index (Phi) is 11.5. The van der Waals surface area contributed by atoms with Crippen LogP contribution in [0.2, 0.25) is 0 Å². The largest absolute Gasteiger partial charge is 0.498 e. The van der Waals surface area contributed by atoms with E-state index in [1.165, 1.54) is 21.2 Å². The number of hydrogen-bond acceptors (Lipinski definition) is 6. The predicted octanol–water partition coefficient (Wildman–Crippen LogP) is 6.85. The van der Waals surface area contributed by atoms with Crippen LogP contribution in [0.1, 0.15) is 5.56 Å². The molecular formula is C42H42O6P2. The van der Waals surface area contributed by atoms with E-state index in [1.807, 2.05) is 24.3 Å². The van der Waals surface area contributed by atoms with E-state index in [1.54, 1.807) is 42.7 Å². The highest BCUT2D eigenvalue weighted by Gasteiger charge is 2.53. The van der Waals surface area contributed by atoms with Crippen LogP contribution in [0.25, 0.3) is 5.57 Å². The minimum absolute atomic E-state index is 0.592. The fraction of sp³-hybridized carbons (Fsp3) is 0.190. The zero-order valence-corrected chi connectivity index (χ0v) is 31.0. The van der Waals surface area contributed by atoms with Crippen molar-refractivity contribution in [1.82, 2.24) is 0 Å². The standard InChI is InChI=1S/C42H42O6P2/c1-43-35-27-34(38(28-36(35)44-2)49(30-19-11-7-12-20-30)31-21-13-8-14-22-31)40-39(29-37(45-3)41(46-4)42(40,47-5)48-6)50(32-23-15-9-16-24-32)33-25-17-10-18-26-33/h7-29,41H,1-6H3/t41-/m0/s1. The predicted molar refractivity (Wildman–Crippen MR) is 207 cm³/mol. The molecule has 0 saturated carbocycles. The van der Waals surface area contributed by atoms with Crippen LogP contribution in [0.3, 0.4) is 0 Å². The molecule has 0 spiro atoms. The van der Waals surface area contributed by atoms with Gasteiger partial charge < -0.3 is 28.4 Å². The van der Waals surface area contributed by atoms with Gasteiger partial charge in [0, 0.05) is 26.9 Å². The molecule has 0 heterocycles. The molecule has 0 aliphatic heterocycles. The third-order valence-corrected chi connectivity index (χ3v) is 13.8. The van der Waals surface area contributed by atoms with E-state index in [-0.39, 0.29) is 0 Å². The second kappa shape index (κ2) is 16.2. The molecule has 50 heavy (non-hydrogen) atoms. The van der Waals surface area contributed by atoms with E-state index in [2.05, 4.69) is 115 Å². The van der Waals surface area contributed by atoms with Crippen molar-refractivity contribution >= 4 is 47.9 Å². The van der Waals surface area contributed by atoms with Crippen LogP contribution in [-0.2, 0) is 18.9 Å². The van der Waals surface area contributed by atoms with Crippen LogP contribution in [0, 0.1) is 0 Å². The van der Waals surface area contributed by atoms with Crippen LogP contribution in [-0.4, -0.2) is 54.5 Å². The smallest absolute Gasteiger partial charge is 0.230 e. The minimum atomic E-state index is -1.42. The molecule has 0 N–H and O–H groups in total. The van der Waals surface area contributed by atoms with Gasteiger partial charge in [-0.15, -0.1) is 0 Å². The SMILES string of the molecule is COC1=CC(P(c2ccccc2)c2ccccc2)=C(c2cc(OC)c(OC)cc2P(c2ccccc2)c2ccccc2)C(OC)(OC)[C@H]1OC. The van der Waals surface area contributed by atoms with Gasteiger partial charge in [0.05, 0.1) is 21.3 Å². The summed E-state index contributed by atoms with van der Waals surface area (Å²) in [6.45, 7) is 0. The molecule has 5 aromatic rings. The maximum absolute atomic E-state index is 6.58. The summed E-state index contributed by atoms with van der Waals surface area (Å²) in [5.74, 6) is 0.407. The number of benzene rings is 5.